The summed E-state index contributed by atoms with van der Waals surface area (Å²) in [7, 11) is 1.90. The van der Waals surface area contributed by atoms with Gasteiger partial charge in [-0.25, -0.2) is 0 Å². The van der Waals surface area contributed by atoms with Crippen molar-refractivity contribution in [1.82, 2.24) is 15.1 Å². The summed E-state index contributed by atoms with van der Waals surface area (Å²) in [5.74, 6) is 0.283. The highest BCUT2D eigenvalue weighted by atomic mass is 16.2. The summed E-state index contributed by atoms with van der Waals surface area (Å²) < 4.78 is 0. The maximum atomic E-state index is 11.5. The lowest BCUT2D eigenvalue weighted by Crippen LogP contribution is -2.43. The maximum Gasteiger partial charge on any atom is 0.223 e. The van der Waals surface area contributed by atoms with E-state index in [9.17, 15) is 4.79 Å². The molecular weight excluding hydrogens is 178 g/mol. The van der Waals surface area contributed by atoms with E-state index in [1.54, 1.807) is 0 Å². The fraction of sp³-hybridized carbons (Fsp3) is 0.900. The molecular formula is C10H19N3O. The molecule has 2 rings (SSSR count). The Labute approximate surface area is 85.2 Å². The minimum Gasteiger partial charge on any atom is -0.344 e. The number of carbonyl (C=O) groups excluding carboxylic acids is 1. The molecule has 1 amide bonds. The van der Waals surface area contributed by atoms with Gasteiger partial charge in [0.05, 0.1) is 6.17 Å². The zero-order valence-corrected chi connectivity index (χ0v) is 8.83. The predicted octanol–water partition coefficient (Wildman–Crippen LogP) is -0.140. The van der Waals surface area contributed by atoms with E-state index in [4.69, 9.17) is 0 Å². The van der Waals surface area contributed by atoms with Gasteiger partial charge in [0.2, 0.25) is 5.91 Å². The zero-order chi connectivity index (χ0) is 9.97. The number of hydrogen-bond acceptors (Lipinski definition) is 3. The Hall–Kier alpha value is -0.610. The van der Waals surface area contributed by atoms with Crippen molar-refractivity contribution in [2.75, 3.05) is 33.2 Å². The molecule has 1 N–H and O–H groups in total. The van der Waals surface area contributed by atoms with Gasteiger partial charge in [-0.05, 0) is 19.4 Å². The second-order valence-electron chi connectivity index (χ2n) is 4.21. The van der Waals surface area contributed by atoms with Crippen molar-refractivity contribution in [2.45, 2.75) is 25.4 Å². The van der Waals surface area contributed by atoms with Crippen LogP contribution >= 0.6 is 0 Å². The van der Waals surface area contributed by atoms with Crippen LogP contribution in [0.3, 0.4) is 0 Å². The fourth-order valence-electron chi connectivity index (χ4n) is 2.23. The highest BCUT2D eigenvalue weighted by Gasteiger charge is 2.25. The van der Waals surface area contributed by atoms with Crippen LogP contribution in [0.2, 0.25) is 0 Å². The lowest BCUT2D eigenvalue weighted by molar-refractivity contribution is -0.129. The highest BCUT2D eigenvalue weighted by molar-refractivity contribution is 5.76. The molecule has 0 aromatic heterocycles. The third-order valence-corrected chi connectivity index (χ3v) is 3.24. The van der Waals surface area contributed by atoms with Crippen LogP contribution in [-0.4, -0.2) is 55.1 Å². The molecule has 80 valence electrons. The van der Waals surface area contributed by atoms with E-state index in [0.717, 1.165) is 26.2 Å². The first-order valence-electron chi connectivity index (χ1n) is 5.49. The second-order valence-corrected chi connectivity index (χ2v) is 4.21. The van der Waals surface area contributed by atoms with Crippen molar-refractivity contribution in [2.24, 2.45) is 0 Å². The molecule has 2 aliphatic rings. The van der Waals surface area contributed by atoms with Gasteiger partial charge in [-0.2, -0.15) is 0 Å². The minimum absolute atomic E-state index is 0.283. The minimum atomic E-state index is 0.283. The van der Waals surface area contributed by atoms with Crippen LogP contribution in [0.25, 0.3) is 0 Å². The average Bonchev–Trinajstić information content (AvgIpc) is 2.65. The predicted molar refractivity (Wildman–Crippen MR) is 54.9 cm³/mol. The van der Waals surface area contributed by atoms with Crippen molar-refractivity contribution < 1.29 is 4.79 Å². The van der Waals surface area contributed by atoms with E-state index in [-0.39, 0.29) is 5.91 Å². The second kappa shape index (κ2) is 4.28. The molecule has 0 radical (unpaired) electrons. The molecule has 2 fully saturated rings. The molecule has 2 heterocycles. The lowest BCUT2D eigenvalue weighted by Gasteiger charge is -2.26. The van der Waals surface area contributed by atoms with Crippen molar-refractivity contribution in [3.05, 3.63) is 0 Å². The summed E-state index contributed by atoms with van der Waals surface area (Å²) in [6, 6.07) is 0. The molecule has 0 aromatic carbocycles. The molecule has 4 nitrogen and oxygen atoms in total. The number of likely N-dealkylation sites (N-methyl/N-ethyl adjacent to an activating group) is 1. The van der Waals surface area contributed by atoms with Gasteiger partial charge >= 0.3 is 0 Å². The summed E-state index contributed by atoms with van der Waals surface area (Å²) in [4.78, 5) is 15.7. The average molecular weight is 197 g/mol. The van der Waals surface area contributed by atoms with Gasteiger partial charge in [0.15, 0.2) is 0 Å². The number of carbonyl (C=O) groups is 1. The van der Waals surface area contributed by atoms with Gasteiger partial charge in [0.25, 0.3) is 0 Å². The monoisotopic (exact) mass is 197 g/mol. The molecule has 0 bridgehead atoms. The summed E-state index contributed by atoms with van der Waals surface area (Å²) >= 11 is 0. The fourth-order valence-corrected chi connectivity index (χ4v) is 2.23. The van der Waals surface area contributed by atoms with Gasteiger partial charge in [-0.1, -0.05) is 0 Å². The van der Waals surface area contributed by atoms with E-state index in [1.165, 1.54) is 12.8 Å². The first-order chi connectivity index (χ1) is 6.77. The standard InChI is InChI=1S/C10H19N3O/c1-12-7-8-13(6-4-10(12)14)9-3-2-5-11-9/h9,11H,2-8H2,1H3. The Balaban J connectivity index is 1.91. The summed E-state index contributed by atoms with van der Waals surface area (Å²) in [6.07, 6.45) is 3.70. The summed E-state index contributed by atoms with van der Waals surface area (Å²) in [5, 5.41) is 3.48. The van der Waals surface area contributed by atoms with E-state index < -0.39 is 0 Å². The molecule has 4 heteroatoms. The van der Waals surface area contributed by atoms with Crippen molar-refractivity contribution in [3.8, 4) is 0 Å². The van der Waals surface area contributed by atoms with Crippen LogP contribution in [0, 0.1) is 0 Å². The number of nitrogens with one attached hydrogen (secondary N) is 1. The Morgan fingerprint density at radius 3 is 2.93 bits per heavy atom. The molecule has 1 unspecified atom stereocenters. The largest absolute Gasteiger partial charge is 0.344 e. The molecule has 0 aromatic rings. The van der Waals surface area contributed by atoms with E-state index >= 15 is 0 Å². The van der Waals surface area contributed by atoms with Crippen LogP contribution in [0.1, 0.15) is 19.3 Å². The SMILES string of the molecule is CN1CCN(C2CCCN2)CCC1=O. The molecule has 0 aliphatic carbocycles. The van der Waals surface area contributed by atoms with Crippen LogP contribution in [0.5, 0.6) is 0 Å². The maximum absolute atomic E-state index is 11.5. The summed E-state index contributed by atoms with van der Waals surface area (Å²) in [6.45, 7) is 3.93. The number of rotatable bonds is 1. The molecule has 14 heavy (non-hydrogen) atoms. The van der Waals surface area contributed by atoms with Crippen molar-refractivity contribution in [1.29, 1.82) is 0 Å². The van der Waals surface area contributed by atoms with Gasteiger partial charge < -0.3 is 10.2 Å². The third-order valence-electron chi connectivity index (χ3n) is 3.24. The van der Waals surface area contributed by atoms with Crippen LogP contribution < -0.4 is 5.32 Å². The molecule has 1 atom stereocenters. The van der Waals surface area contributed by atoms with Gasteiger partial charge in [-0.3, -0.25) is 9.69 Å². The normalized spacial score (nSPS) is 30.8. The highest BCUT2D eigenvalue weighted by Crippen LogP contribution is 2.13. The Bertz CT molecular complexity index is 213. The van der Waals surface area contributed by atoms with Crippen LogP contribution in [-0.2, 0) is 4.79 Å². The Morgan fingerprint density at radius 2 is 2.21 bits per heavy atom. The zero-order valence-electron chi connectivity index (χ0n) is 8.83. The van der Waals surface area contributed by atoms with E-state index in [2.05, 4.69) is 10.2 Å². The molecule has 2 aliphatic heterocycles. The van der Waals surface area contributed by atoms with E-state index in [0.29, 0.717) is 12.6 Å². The molecule has 0 saturated carbocycles. The van der Waals surface area contributed by atoms with Crippen LogP contribution in [0.4, 0.5) is 0 Å². The number of hydrogen-bond donors (Lipinski definition) is 1. The third kappa shape index (κ3) is 2.07. The van der Waals surface area contributed by atoms with Crippen molar-refractivity contribution >= 4 is 5.91 Å². The smallest absolute Gasteiger partial charge is 0.223 e. The summed E-state index contributed by atoms with van der Waals surface area (Å²) in [5.41, 5.74) is 0. The number of amides is 1. The Kier molecular flexibility index (Phi) is 3.03. The van der Waals surface area contributed by atoms with Crippen LogP contribution in [0.15, 0.2) is 0 Å². The van der Waals surface area contributed by atoms with Gasteiger partial charge in [0, 0.05) is 33.1 Å². The number of nitrogens with zero attached hydrogens (tertiary/aromatic N) is 2. The molecule has 0 spiro atoms. The molecule has 2 saturated heterocycles. The Morgan fingerprint density at radius 1 is 1.36 bits per heavy atom. The lowest BCUT2D eigenvalue weighted by atomic mass is 10.3. The topological polar surface area (TPSA) is 35.6 Å². The van der Waals surface area contributed by atoms with E-state index in [1.807, 2.05) is 11.9 Å². The van der Waals surface area contributed by atoms with Crippen molar-refractivity contribution in [3.63, 3.8) is 0 Å². The first-order valence-corrected chi connectivity index (χ1v) is 5.49. The van der Waals surface area contributed by atoms with Gasteiger partial charge in [-0.15, -0.1) is 0 Å². The van der Waals surface area contributed by atoms with Gasteiger partial charge in [0.1, 0.15) is 0 Å². The first kappa shape index (κ1) is 9.93. The quantitative estimate of drug-likeness (QED) is 0.635.